The van der Waals surface area contributed by atoms with Crippen LogP contribution in [0.15, 0.2) is 65.8 Å². The molecule has 1 aliphatic rings. The maximum atomic E-state index is 12.8. The second kappa shape index (κ2) is 4.78. The third-order valence-corrected chi connectivity index (χ3v) is 4.57. The molecule has 0 N–H and O–H groups in total. The monoisotopic (exact) mass is 350 g/mol. The summed E-state index contributed by atoms with van der Waals surface area (Å²) >= 11 is 3.53. The Bertz CT molecular complexity index is 914. The van der Waals surface area contributed by atoms with Crippen LogP contribution < -0.4 is 4.90 Å². The number of carbonyl (C=O) groups is 1. The summed E-state index contributed by atoms with van der Waals surface area (Å²) in [6.07, 6.45) is 1.73. The highest BCUT2D eigenvalue weighted by Gasteiger charge is 2.33. The Morgan fingerprint density at radius 1 is 1.00 bits per heavy atom. The minimum absolute atomic E-state index is 0.0603. The summed E-state index contributed by atoms with van der Waals surface area (Å²) in [5, 5.41) is 0.969. The molecule has 0 saturated heterocycles. The van der Waals surface area contributed by atoms with Crippen LogP contribution in [0, 0.1) is 0 Å². The molecule has 4 heteroatoms. The lowest BCUT2D eigenvalue weighted by Gasteiger charge is -2.19. The average molecular weight is 351 g/mol. The molecule has 0 radical (unpaired) electrons. The second-order valence-corrected chi connectivity index (χ2v) is 5.95. The highest BCUT2D eigenvalue weighted by molar-refractivity contribution is 9.10. The van der Waals surface area contributed by atoms with Gasteiger partial charge >= 0.3 is 0 Å². The molecule has 3 nitrogen and oxygen atoms in total. The normalized spacial score (nSPS) is 13.8. The standard InChI is InChI=1S/C18H11BrN2O/c1-11-12-5-2-3-6-13(12)18(22)21(11)16-9-8-15(19)14-7-4-10-20-17(14)16/h2-10H,1H2. The van der Waals surface area contributed by atoms with Gasteiger partial charge in [0.05, 0.1) is 16.9 Å². The van der Waals surface area contributed by atoms with E-state index in [0.29, 0.717) is 11.3 Å². The van der Waals surface area contributed by atoms with Gasteiger partial charge in [-0.3, -0.25) is 14.7 Å². The molecule has 0 bridgehead atoms. The van der Waals surface area contributed by atoms with Gasteiger partial charge in [0.25, 0.3) is 5.91 Å². The van der Waals surface area contributed by atoms with E-state index in [1.165, 1.54) is 0 Å². The van der Waals surface area contributed by atoms with Crippen LogP contribution in [0.5, 0.6) is 0 Å². The number of amides is 1. The predicted molar refractivity (Wildman–Crippen MR) is 91.7 cm³/mol. The third kappa shape index (κ3) is 1.74. The van der Waals surface area contributed by atoms with Gasteiger partial charge in [-0.15, -0.1) is 0 Å². The van der Waals surface area contributed by atoms with Gasteiger partial charge in [0, 0.05) is 27.2 Å². The van der Waals surface area contributed by atoms with E-state index in [0.717, 1.165) is 26.6 Å². The zero-order chi connectivity index (χ0) is 15.3. The Hall–Kier alpha value is -2.46. The molecule has 0 aliphatic carbocycles. The van der Waals surface area contributed by atoms with Crippen molar-refractivity contribution in [3.8, 4) is 0 Å². The number of aromatic nitrogens is 1. The van der Waals surface area contributed by atoms with E-state index >= 15 is 0 Å². The molecule has 1 aromatic heterocycles. The lowest BCUT2D eigenvalue weighted by atomic mass is 10.1. The van der Waals surface area contributed by atoms with E-state index < -0.39 is 0 Å². The van der Waals surface area contributed by atoms with Gasteiger partial charge in [0.2, 0.25) is 0 Å². The van der Waals surface area contributed by atoms with Crippen molar-refractivity contribution in [1.29, 1.82) is 0 Å². The van der Waals surface area contributed by atoms with E-state index in [1.54, 1.807) is 11.1 Å². The maximum Gasteiger partial charge on any atom is 0.263 e. The zero-order valence-corrected chi connectivity index (χ0v) is 13.2. The number of anilines is 1. The van der Waals surface area contributed by atoms with Gasteiger partial charge in [-0.25, -0.2) is 0 Å². The van der Waals surface area contributed by atoms with Gasteiger partial charge in [0.15, 0.2) is 0 Å². The molecule has 4 rings (SSSR count). The summed E-state index contributed by atoms with van der Waals surface area (Å²) in [5.41, 5.74) is 3.78. The van der Waals surface area contributed by atoms with E-state index in [2.05, 4.69) is 27.5 Å². The summed E-state index contributed by atoms with van der Waals surface area (Å²) in [6.45, 7) is 4.10. The summed E-state index contributed by atoms with van der Waals surface area (Å²) in [7, 11) is 0. The lowest BCUT2D eigenvalue weighted by molar-refractivity contribution is 0.101. The minimum Gasteiger partial charge on any atom is -0.275 e. The number of benzene rings is 2. The molecule has 2 heterocycles. The van der Waals surface area contributed by atoms with E-state index in [9.17, 15) is 4.79 Å². The molecule has 22 heavy (non-hydrogen) atoms. The molecule has 1 aliphatic heterocycles. The topological polar surface area (TPSA) is 33.2 Å². The molecule has 0 unspecified atom stereocenters. The fourth-order valence-electron chi connectivity index (χ4n) is 2.84. The summed E-state index contributed by atoms with van der Waals surface area (Å²) in [5.74, 6) is -0.0603. The van der Waals surface area contributed by atoms with Crippen LogP contribution in [-0.4, -0.2) is 10.9 Å². The van der Waals surface area contributed by atoms with Crippen molar-refractivity contribution < 1.29 is 4.79 Å². The van der Waals surface area contributed by atoms with Crippen LogP contribution in [0.2, 0.25) is 0 Å². The van der Waals surface area contributed by atoms with Gasteiger partial charge in [0.1, 0.15) is 0 Å². The highest BCUT2D eigenvalue weighted by Crippen LogP contribution is 2.39. The van der Waals surface area contributed by atoms with Crippen LogP contribution in [0.4, 0.5) is 5.69 Å². The number of carbonyl (C=O) groups excluding carboxylic acids is 1. The van der Waals surface area contributed by atoms with Gasteiger partial charge in [-0.2, -0.15) is 0 Å². The number of nitrogens with zero attached hydrogens (tertiary/aromatic N) is 2. The molecular weight excluding hydrogens is 340 g/mol. The van der Waals surface area contributed by atoms with Crippen LogP contribution in [0.25, 0.3) is 16.6 Å². The van der Waals surface area contributed by atoms with Crippen molar-refractivity contribution in [2.75, 3.05) is 4.90 Å². The number of fused-ring (bicyclic) bond motifs is 2. The SMILES string of the molecule is C=C1c2ccccc2C(=O)N1c1ccc(Br)c2cccnc12. The fraction of sp³-hybridized carbons (Fsp3) is 0. The number of pyridine rings is 1. The maximum absolute atomic E-state index is 12.8. The third-order valence-electron chi connectivity index (χ3n) is 3.88. The molecule has 1 amide bonds. The van der Waals surface area contributed by atoms with Crippen LogP contribution in [-0.2, 0) is 0 Å². The largest absolute Gasteiger partial charge is 0.275 e. The Morgan fingerprint density at radius 3 is 2.55 bits per heavy atom. The first kappa shape index (κ1) is 13.2. The zero-order valence-electron chi connectivity index (χ0n) is 11.6. The number of hydrogen-bond acceptors (Lipinski definition) is 2. The smallest absolute Gasteiger partial charge is 0.263 e. The molecule has 106 valence electrons. The van der Waals surface area contributed by atoms with E-state index in [-0.39, 0.29) is 5.91 Å². The van der Waals surface area contributed by atoms with Crippen LogP contribution in [0.3, 0.4) is 0 Å². The molecule has 0 atom stereocenters. The predicted octanol–water partition coefficient (Wildman–Crippen LogP) is 4.63. The Morgan fingerprint density at radius 2 is 1.77 bits per heavy atom. The number of hydrogen-bond donors (Lipinski definition) is 0. The van der Waals surface area contributed by atoms with E-state index in [4.69, 9.17) is 0 Å². The van der Waals surface area contributed by atoms with Crippen molar-refractivity contribution in [3.63, 3.8) is 0 Å². The van der Waals surface area contributed by atoms with Crippen molar-refractivity contribution in [2.24, 2.45) is 0 Å². The molecule has 0 fully saturated rings. The van der Waals surface area contributed by atoms with E-state index in [1.807, 2.05) is 48.5 Å². The van der Waals surface area contributed by atoms with Crippen molar-refractivity contribution in [1.82, 2.24) is 4.98 Å². The molecular formula is C18H11BrN2O. The van der Waals surface area contributed by atoms with Gasteiger partial charge < -0.3 is 0 Å². The van der Waals surface area contributed by atoms with Gasteiger partial charge in [-0.1, -0.05) is 46.8 Å². The quantitative estimate of drug-likeness (QED) is 0.641. The Labute approximate surface area is 136 Å². The van der Waals surface area contributed by atoms with Crippen molar-refractivity contribution in [2.45, 2.75) is 0 Å². The summed E-state index contributed by atoms with van der Waals surface area (Å²) < 4.78 is 0.953. The Balaban J connectivity index is 1.97. The lowest BCUT2D eigenvalue weighted by Crippen LogP contribution is -2.22. The first-order valence-electron chi connectivity index (χ1n) is 6.84. The van der Waals surface area contributed by atoms with Gasteiger partial charge in [-0.05, 0) is 24.3 Å². The minimum atomic E-state index is -0.0603. The molecule has 0 saturated carbocycles. The highest BCUT2D eigenvalue weighted by atomic mass is 79.9. The molecule has 2 aromatic carbocycles. The first-order valence-corrected chi connectivity index (χ1v) is 7.64. The van der Waals surface area contributed by atoms with Crippen molar-refractivity contribution >= 4 is 44.1 Å². The summed E-state index contributed by atoms with van der Waals surface area (Å²) in [4.78, 5) is 18.9. The first-order chi connectivity index (χ1) is 10.7. The van der Waals surface area contributed by atoms with Crippen molar-refractivity contribution in [3.05, 3.63) is 76.9 Å². The average Bonchev–Trinajstić information content (AvgIpc) is 2.81. The van der Waals surface area contributed by atoms with Crippen LogP contribution >= 0.6 is 15.9 Å². The van der Waals surface area contributed by atoms with Crippen LogP contribution in [0.1, 0.15) is 15.9 Å². The molecule has 3 aromatic rings. The number of rotatable bonds is 1. The molecule has 0 spiro atoms. The summed E-state index contributed by atoms with van der Waals surface area (Å²) in [6, 6.07) is 15.2. The Kier molecular flexibility index (Phi) is 2.87. The second-order valence-electron chi connectivity index (χ2n) is 5.10. The number of halogens is 1. The fourth-order valence-corrected chi connectivity index (χ4v) is 3.30.